The maximum atomic E-state index is 12.7. The third kappa shape index (κ3) is 4.31. The molecule has 0 spiro atoms. The number of aromatic nitrogens is 1. The minimum atomic E-state index is -0.260. The number of anilines is 1. The molecule has 1 heterocycles. The molecule has 0 aliphatic carbocycles. The van der Waals surface area contributed by atoms with Crippen LogP contribution in [0.5, 0.6) is 5.75 Å². The summed E-state index contributed by atoms with van der Waals surface area (Å²) in [6.45, 7) is 4.69. The first-order valence-corrected chi connectivity index (χ1v) is 10.1. The first kappa shape index (κ1) is 20.0. The van der Waals surface area contributed by atoms with Gasteiger partial charge in [0.2, 0.25) is 5.89 Å². The van der Waals surface area contributed by atoms with Crippen molar-refractivity contribution in [3.8, 4) is 17.2 Å². The Bertz CT molecular complexity index is 1200. The average Bonchev–Trinajstić information content (AvgIpc) is 3.17. The molecular formula is C24H21ClN2O3. The second-order valence-electron chi connectivity index (χ2n) is 7.01. The van der Waals surface area contributed by atoms with E-state index in [9.17, 15) is 4.79 Å². The highest BCUT2D eigenvalue weighted by Crippen LogP contribution is 2.31. The lowest BCUT2D eigenvalue weighted by Crippen LogP contribution is -2.12. The molecule has 6 heteroatoms. The van der Waals surface area contributed by atoms with Gasteiger partial charge in [0.05, 0.1) is 17.3 Å². The number of nitrogens with zero attached hydrogens (tertiary/aromatic N) is 1. The van der Waals surface area contributed by atoms with Crippen LogP contribution in [0.1, 0.15) is 29.3 Å². The van der Waals surface area contributed by atoms with Gasteiger partial charge in [-0.1, -0.05) is 24.6 Å². The van der Waals surface area contributed by atoms with Gasteiger partial charge in [0.1, 0.15) is 11.3 Å². The van der Waals surface area contributed by atoms with Gasteiger partial charge >= 0.3 is 0 Å². The van der Waals surface area contributed by atoms with E-state index < -0.39 is 0 Å². The highest BCUT2D eigenvalue weighted by Gasteiger charge is 2.13. The fraction of sp³-hybridized carbons (Fsp3) is 0.167. The number of hydrogen-bond acceptors (Lipinski definition) is 4. The van der Waals surface area contributed by atoms with Crippen LogP contribution in [0.2, 0.25) is 5.02 Å². The summed E-state index contributed by atoms with van der Waals surface area (Å²) in [6, 6.07) is 18.2. The first-order chi connectivity index (χ1) is 14.5. The first-order valence-electron chi connectivity index (χ1n) is 9.75. The Morgan fingerprint density at radius 1 is 1.10 bits per heavy atom. The number of benzene rings is 3. The molecule has 5 nitrogen and oxygen atoms in total. The monoisotopic (exact) mass is 420 g/mol. The van der Waals surface area contributed by atoms with Crippen LogP contribution in [0, 0.1) is 6.92 Å². The van der Waals surface area contributed by atoms with Crippen LogP contribution in [0.4, 0.5) is 5.69 Å². The van der Waals surface area contributed by atoms with E-state index in [1.165, 1.54) is 0 Å². The summed E-state index contributed by atoms with van der Waals surface area (Å²) in [5.74, 6) is 0.948. The molecule has 152 valence electrons. The molecule has 1 N–H and O–H groups in total. The van der Waals surface area contributed by atoms with Gasteiger partial charge in [0, 0.05) is 11.1 Å². The number of rotatable bonds is 6. The summed E-state index contributed by atoms with van der Waals surface area (Å²) in [6.07, 6.45) is 0.927. The summed E-state index contributed by atoms with van der Waals surface area (Å²) in [4.78, 5) is 17.2. The molecule has 0 unspecified atom stereocenters. The summed E-state index contributed by atoms with van der Waals surface area (Å²) in [7, 11) is 0. The molecular weight excluding hydrogens is 400 g/mol. The van der Waals surface area contributed by atoms with Crippen molar-refractivity contribution in [3.05, 3.63) is 76.8 Å². The molecule has 0 aliphatic rings. The van der Waals surface area contributed by atoms with E-state index in [0.717, 1.165) is 34.4 Å². The Labute approximate surface area is 179 Å². The molecule has 1 aromatic heterocycles. The fourth-order valence-corrected chi connectivity index (χ4v) is 3.19. The molecule has 0 radical (unpaired) electrons. The van der Waals surface area contributed by atoms with Gasteiger partial charge in [-0.2, -0.15) is 0 Å². The average molecular weight is 421 g/mol. The van der Waals surface area contributed by atoms with Crippen molar-refractivity contribution < 1.29 is 13.9 Å². The number of carbonyl (C=O) groups excluding carboxylic acids is 1. The zero-order valence-electron chi connectivity index (χ0n) is 16.7. The van der Waals surface area contributed by atoms with Crippen molar-refractivity contribution in [1.82, 2.24) is 4.98 Å². The lowest BCUT2D eigenvalue weighted by atomic mass is 10.1. The third-order valence-electron chi connectivity index (χ3n) is 4.59. The summed E-state index contributed by atoms with van der Waals surface area (Å²) in [5.41, 5.74) is 4.33. The summed E-state index contributed by atoms with van der Waals surface area (Å²) < 4.78 is 11.4. The number of amides is 1. The Balaban J connectivity index is 1.56. The number of aryl methyl sites for hydroxylation is 1. The molecule has 0 fully saturated rings. The molecule has 30 heavy (non-hydrogen) atoms. The smallest absolute Gasteiger partial charge is 0.255 e. The number of ether oxygens (including phenoxy) is 1. The predicted octanol–water partition coefficient (Wildman–Crippen LogP) is 6.50. The molecule has 0 saturated heterocycles. The molecule has 0 aliphatic heterocycles. The molecule has 0 saturated carbocycles. The minimum absolute atomic E-state index is 0.260. The standard InChI is InChI=1S/C24H21ClN2O3/c1-3-12-29-18-8-5-16(6-9-18)23(28)26-21-14-17(7-10-19(21)25)24-27-20-11-4-15(2)13-22(20)30-24/h4-11,13-14H,3,12H2,1-2H3,(H,26,28). The predicted molar refractivity (Wildman–Crippen MR) is 119 cm³/mol. The second-order valence-corrected chi connectivity index (χ2v) is 7.42. The number of oxazole rings is 1. The Morgan fingerprint density at radius 2 is 1.90 bits per heavy atom. The number of hydrogen-bond donors (Lipinski definition) is 1. The van der Waals surface area contributed by atoms with Crippen LogP contribution >= 0.6 is 11.6 Å². The van der Waals surface area contributed by atoms with Gasteiger partial charge in [-0.15, -0.1) is 0 Å². The van der Waals surface area contributed by atoms with Crippen molar-refractivity contribution in [2.45, 2.75) is 20.3 Å². The van der Waals surface area contributed by atoms with E-state index in [1.54, 1.807) is 36.4 Å². The fourth-order valence-electron chi connectivity index (χ4n) is 3.03. The van der Waals surface area contributed by atoms with Crippen LogP contribution in [0.3, 0.4) is 0 Å². The van der Waals surface area contributed by atoms with Gasteiger partial charge < -0.3 is 14.5 Å². The summed E-state index contributed by atoms with van der Waals surface area (Å²) >= 11 is 6.31. The van der Waals surface area contributed by atoms with E-state index in [2.05, 4.69) is 10.3 Å². The molecule has 0 atom stereocenters. The van der Waals surface area contributed by atoms with Crippen LogP contribution in [0.25, 0.3) is 22.6 Å². The second kappa shape index (κ2) is 8.59. The highest BCUT2D eigenvalue weighted by atomic mass is 35.5. The lowest BCUT2D eigenvalue weighted by molar-refractivity contribution is 0.102. The summed E-state index contributed by atoms with van der Waals surface area (Å²) in [5, 5.41) is 3.29. The largest absolute Gasteiger partial charge is 0.494 e. The SMILES string of the molecule is CCCOc1ccc(C(=O)Nc2cc(-c3nc4ccc(C)cc4o3)ccc2Cl)cc1. The van der Waals surface area contributed by atoms with Crippen LogP contribution in [0.15, 0.2) is 65.1 Å². The van der Waals surface area contributed by atoms with Gasteiger partial charge in [-0.3, -0.25) is 4.79 Å². The van der Waals surface area contributed by atoms with Crippen molar-refractivity contribution in [2.24, 2.45) is 0 Å². The number of halogens is 1. The number of carbonyl (C=O) groups is 1. The lowest BCUT2D eigenvalue weighted by Gasteiger charge is -2.09. The van der Waals surface area contributed by atoms with Crippen LogP contribution in [-0.2, 0) is 0 Å². The Kier molecular flexibility index (Phi) is 5.72. The normalized spacial score (nSPS) is 10.9. The topological polar surface area (TPSA) is 64.4 Å². The van der Waals surface area contributed by atoms with Crippen LogP contribution < -0.4 is 10.1 Å². The Morgan fingerprint density at radius 3 is 2.67 bits per heavy atom. The molecule has 0 bridgehead atoms. The molecule has 4 aromatic rings. The maximum Gasteiger partial charge on any atom is 0.255 e. The number of nitrogens with one attached hydrogen (secondary N) is 1. The quantitative estimate of drug-likeness (QED) is 0.386. The van der Waals surface area contributed by atoms with Gasteiger partial charge in [0.25, 0.3) is 5.91 Å². The highest BCUT2D eigenvalue weighted by molar-refractivity contribution is 6.34. The maximum absolute atomic E-state index is 12.7. The van der Waals surface area contributed by atoms with Gasteiger partial charge in [-0.05, 0) is 73.5 Å². The minimum Gasteiger partial charge on any atom is -0.494 e. The number of fused-ring (bicyclic) bond motifs is 1. The van der Waals surface area contributed by atoms with E-state index in [1.807, 2.05) is 38.1 Å². The molecule has 3 aromatic carbocycles. The van der Waals surface area contributed by atoms with Crippen molar-refractivity contribution in [3.63, 3.8) is 0 Å². The van der Waals surface area contributed by atoms with Crippen molar-refractivity contribution in [1.29, 1.82) is 0 Å². The zero-order chi connectivity index (χ0) is 21.1. The van der Waals surface area contributed by atoms with E-state index in [4.69, 9.17) is 20.8 Å². The van der Waals surface area contributed by atoms with E-state index >= 15 is 0 Å². The molecule has 4 rings (SSSR count). The van der Waals surface area contributed by atoms with Gasteiger partial charge in [0.15, 0.2) is 5.58 Å². The van der Waals surface area contributed by atoms with Gasteiger partial charge in [-0.25, -0.2) is 4.98 Å². The zero-order valence-corrected chi connectivity index (χ0v) is 17.5. The van der Waals surface area contributed by atoms with E-state index in [-0.39, 0.29) is 5.91 Å². The van der Waals surface area contributed by atoms with E-state index in [0.29, 0.717) is 28.8 Å². The Hall–Kier alpha value is -3.31. The third-order valence-corrected chi connectivity index (χ3v) is 4.92. The van der Waals surface area contributed by atoms with Crippen molar-refractivity contribution >= 4 is 34.3 Å². The van der Waals surface area contributed by atoms with Crippen LogP contribution in [-0.4, -0.2) is 17.5 Å². The molecule has 1 amide bonds. The van der Waals surface area contributed by atoms with Crippen molar-refractivity contribution in [2.75, 3.05) is 11.9 Å².